The fourth-order valence-corrected chi connectivity index (χ4v) is 2.96. The summed E-state index contributed by atoms with van der Waals surface area (Å²) in [6.07, 6.45) is 6.95. The lowest BCUT2D eigenvalue weighted by atomic mass is 9.68. The Morgan fingerprint density at radius 2 is 1.92 bits per heavy atom. The van der Waals surface area contributed by atoms with E-state index in [1.165, 1.54) is 25.7 Å². The smallest absolute Gasteiger partial charge is 0.0543 e. The Hall–Kier alpha value is -0.0800. The molecule has 0 saturated heterocycles. The van der Waals surface area contributed by atoms with Crippen molar-refractivity contribution in [1.29, 1.82) is 0 Å². The topological polar surface area (TPSA) is 46.2 Å². The van der Waals surface area contributed by atoms with E-state index < -0.39 is 0 Å². The van der Waals surface area contributed by atoms with Crippen molar-refractivity contribution in [3.63, 3.8) is 0 Å². The van der Waals surface area contributed by atoms with Crippen molar-refractivity contribution in [2.24, 2.45) is 17.6 Å². The summed E-state index contributed by atoms with van der Waals surface area (Å²) in [5.41, 5.74) is 6.04. The molecule has 2 rings (SSSR count). The van der Waals surface area contributed by atoms with E-state index in [2.05, 4.69) is 0 Å². The van der Waals surface area contributed by atoms with Crippen LogP contribution in [-0.4, -0.2) is 17.3 Å². The van der Waals surface area contributed by atoms with Crippen LogP contribution in [0.5, 0.6) is 0 Å². The van der Waals surface area contributed by atoms with E-state index in [4.69, 9.17) is 5.73 Å². The molecule has 3 N–H and O–H groups in total. The molecule has 0 amide bonds. The predicted molar refractivity (Wildman–Crippen MR) is 48.7 cm³/mol. The first kappa shape index (κ1) is 8.52. The minimum atomic E-state index is -0.0598. The van der Waals surface area contributed by atoms with E-state index >= 15 is 0 Å². The molecule has 0 heterocycles. The number of fused-ring (bicyclic) bond motifs is 1. The van der Waals surface area contributed by atoms with Crippen LogP contribution in [0.25, 0.3) is 0 Å². The summed E-state index contributed by atoms with van der Waals surface area (Å²) in [5.74, 6) is 1.46. The molecule has 2 aliphatic rings. The highest BCUT2D eigenvalue weighted by molar-refractivity contribution is 4.89. The average Bonchev–Trinajstić information content (AvgIpc) is 2.07. The van der Waals surface area contributed by atoms with Gasteiger partial charge in [0.2, 0.25) is 0 Å². The molecular formula is C10H19NO. The normalized spacial score (nSPS) is 48.5. The third-order valence-corrected chi connectivity index (χ3v) is 3.68. The SMILES string of the molecule is NC1CCCC2CCC(O)CC12. The lowest BCUT2D eigenvalue weighted by Crippen LogP contribution is -2.43. The van der Waals surface area contributed by atoms with E-state index in [-0.39, 0.29) is 6.10 Å². The highest BCUT2D eigenvalue weighted by Crippen LogP contribution is 2.39. The fraction of sp³-hybridized carbons (Fsp3) is 1.00. The second-order valence-corrected chi connectivity index (χ2v) is 4.49. The van der Waals surface area contributed by atoms with Crippen LogP contribution in [0.4, 0.5) is 0 Å². The Morgan fingerprint density at radius 1 is 1.08 bits per heavy atom. The summed E-state index contributed by atoms with van der Waals surface area (Å²) < 4.78 is 0. The third kappa shape index (κ3) is 1.50. The average molecular weight is 169 g/mol. The zero-order chi connectivity index (χ0) is 8.55. The van der Waals surface area contributed by atoms with E-state index in [0.29, 0.717) is 12.0 Å². The quantitative estimate of drug-likeness (QED) is 0.573. The molecule has 4 atom stereocenters. The fourth-order valence-electron chi connectivity index (χ4n) is 2.96. The van der Waals surface area contributed by atoms with Gasteiger partial charge in [0.15, 0.2) is 0 Å². The van der Waals surface area contributed by atoms with Gasteiger partial charge in [-0.25, -0.2) is 0 Å². The zero-order valence-corrected chi connectivity index (χ0v) is 7.58. The van der Waals surface area contributed by atoms with Crippen LogP contribution >= 0.6 is 0 Å². The van der Waals surface area contributed by atoms with Gasteiger partial charge in [0, 0.05) is 6.04 Å². The molecule has 70 valence electrons. The van der Waals surface area contributed by atoms with Gasteiger partial charge in [-0.05, 0) is 37.5 Å². The van der Waals surface area contributed by atoms with E-state index in [1.54, 1.807) is 0 Å². The zero-order valence-electron chi connectivity index (χ0n) is 7.58. The van der Waals surface area contributed by atoms with E-state index in [9.17, 15) is 5.11 Å². The van der Waals surface area contributed by atoms with Gasteiger partial charge in [0.25, 0.3) is 0 Å². The standard InChI is InChI=1S/C10H19NO/c11-10-3-1-2-7-4-5-8(12)6-9(7)10/h7-10,12H,1-6,11H2. The summed E-state index contributed by atoms with van der Waals surface area (Å²) in [6, 6.07) is 0.374. The summed E-state index contributed by atoms with van der Waals surface area (Å²) in [5, 5.41) is 9.51. The molecule has 2 aliphatic carbocycles. The molecule has 0 bridgehead atoms. The van der Waals surface area contributed by atoms with Gasteiger partial charge >= 0.3 is 0 Å². The number of aliphatic hydroxyl groups is 1. The van der Waals surface area contributed by atoms with Crippen molar-refractivity contribution < 1.29 is 5.11 Å². The number of hydrogen-bond acceptors (Lipinski definition) is 2. The first-order chi connectivity index (χ1) is 5.77. The molecular weight excluding hydrogens is 150 g/mol. The van der Waals surface area contributed by atoms with Crippen molar-refractivity contribution in [3.8, 4) is 0 Å². The molecule has 2 saturated carbocycles. The molecule has 12 heavy (non-hydrogen) atoms. The van der Waals surface area contributed by atoms with Gasteiger partial charge in [-0.15, -0.1) is 0 Å². The summed E-state index contributed by atoms with van der Waals surface area (Å²) in [6.45, 7) is 0. The van der Waals surface area contributed by atoms with Gasteiger partial charge in [0.05, 0.1) is 6.10 Å². The Labute approximate surface area is 74.1 Å². The van der Waals surface area contributed by atoms with Gasteiger partial charge in [-0.2, -0.15) is 0 Å². The molecule has 0 aromatic heterocycles. The van der Waals surface area contributed by atoms with Crippen LogP contribution in [0.3, 0.4) is 0 Å². The maximum atomic E-state index is 9.51. The third-order valence-electron chi connectivity index (χ3n) is 3.68. The van der Waals surface area contributed by atoms with Crippen LogP contribution < -0.4 is 5.73 Å². The molecule has 0 aromatic rings. The van der Waals surface area contributed by atoms with Crippen LogP contribution in [0.2, 0.25) is 0 Å². The lowest BCUT2D eigenvalue weighted by molar-refractivity contribution is 0.0393. The highest BCUT2D eigenvalue weighted by Gasteiger charge is 2.35. The molecule has 0 spiro atoms. The van der Waals surface area contributed by atoms with Crippen LogP contribution in [-0.2, 0) is 0 Å². The van der Waals surface area contributed by atoms with Gasteiger partial charge < -0.3 is 10.8 Å². The Morgan fingerprint density at radius 3 is 2.75 bits per heavy atom. The molecule has 2 heteroatoms. The monoisotopic (exact) mass is 169 g/mol. The van der Waals surface area contributed by atoms with Crippen LogP contribution in [0, 0.1) is 11.8 Å². The summed E-state index contributed by atoms with van der Waals surface area (Å²) in [7, 11) is 0. The van der Waals surface area contributed by atoms with Gasteiger partial charge in [-0.1, -0.05) is 12.8 Å². The Kier molecular flexibility index (Phi) is 2.37. The van der Waals surface area contributed by atoms with Crippen molar-refractivity contribution in [2.45, 2.75) is 50.7 Å². The van der Waals surface area contributed by atoms with Crippen LogP contribution in [0.1, 0.15) is 38.5 Å². The maximum Gasteiger partial charge on any atom is 0.0543 e. The largest absolute Gasteiger partial charge is 0.393 e. The van der Waals surface area contributed by atoms with Gasteiger partial charge in [0.1, 0.15) is 0 Å². The molecule has 2 nitrogen and oxygen atoms in total. The Bertz CT molecular complexity index is 160. The first-order valence-electron chi connectivity index (χ1n) is 5.21. The second-order valence-electron chi connectivity index (χ2n) is 4.49. The van der Waals surface area contributed by atoms with E-state index in [0.717, 1.165) is 18.8 Å². The predicted octanol–water partition coefficient (Wildman–Crippen LogP) is 1.27. The molecule has 0 aromatic carbocycles. The number of rotatable bonds is 0. The molecule has 0 aliphatic heterocycles. The minimum absolute atomic E-state index is 0.0598. The van der Waals surface area contributed by atoms with Crippen molar-refractivity contribution in [1.82, 2.24) is 0 Å². The molecule has 2 fully saturated rings. The number of hydrogen-bond donors (Lipinski definition) is 2. The molecule has 4 unspecified atom stereocenters. The summed E-state index contributed by atoms with van der Waals surface area (Å²) >= 11 is 0. The molecule has 0 radical (unpaired) electrons. The number of aliphatic hydroxyl groups excluding tert-OH is 1. The van der Waals surface area contributed by atoms with Crippen molar-refractivity contribution in [3.05, 3.63) is 0 Å². The van der Waals surface area contributed by atoms with Crippen molar-refractivity contribution in [2.75, 3.05) is 0 Å². The van der Waals surface area contributed by atoms with Crippen LogP contribution in [0.15, 0.2) is 0 Å². The Balaban J connectivity index is 2.00. The second kappa shape index (κ2) is 3.35. The highest BCUT2D eigenvalue weighted by atomic mass is 16.3. The van der Waals surface area contributed by atoms with Gasteiger partial charge in [-0.3, -0.25) is 0 Å². The number of nitrogens with two attached hydrogens (primary N) is 1. The maximum absolute atomic E-state index is 9.51. The lowest BCUT2D eigenvalue weighted by Gasteiger charge is -2.41. The first-order valence-corrected chi connectivity index (χ1v) is 5.21. The summed E-state index contributed by atoms with van der Waals surface area (Å²) in [4.78, 5) is 0. The van der Waals surface area contributed by atoms with Crippen molar-refractivity contribution >= 4 is 0 Å². The van der Waals surface area contributed by atoms with E-state index in [1.807, 2.05) is 0 Å². The minimum Gasteiger partial charge on any atom is -0.393 e.